The minimum absolute atomic E-state index is 0.0300. The van der Waals surface area contributed by atoms with Crippen LogP contribution < -0.4 is 5.32 Å². The van der Waals surface area contributed by atoms with Crippen molar-refractivity contribution in [2.45, 2.75) is 88.3 Å². The third kappa shape index (κ3) is 5.76. The van der Waals surface area contributed by atoms with Crippen molar-refractivity contribution in [2.24, 2.45) is 5.92 Å². The number of halogens is 3. The molecule has 7 heteroatoms. The first kappa shape index (κ1) is 25.8. The Morgan fingerprint density at radius 2 is 1.88 bits per heavy atom. The fourth-order valence-electron chi connectivity index (χ4n) is 6.30. The first-order chi connectivity index (χ1) is 16.1. The molecule has 2 saturated heterocycles. The van der Waals surface area contributed by atoms with Crippen LogP contribution in [-0.4, -0.2) is 54.9 Å². The predicted molar refractivity (Wildman–Crippen MR) is 131 cm³/mol. The van der Waals surface area contributed by atoms with Gasteiger partial charge in [-0.3, -0.25) is 4.79 Å². The zero-order valence-corrected chi connectivity index (χ0v) is 21.4. The zero-order valence-electron chi connectivity index (χ0n) is 20.6. The summed E-state index contributed by atoms with van der Waals surface area (Å²) in [6, 6.07) is 4.55. The topological polar surface area (TPSA) is 41.6 Å². The lowest BCUT2D eigenvalue weighted by atomic mass is 9.68. The lowest BCUT2D eigenvalue weighted by Crippen LogP contribution is -2.53. The van der Waals surface area contributed by atoms with Gasteiger partial charge in [-0.05, 0) is 70.4 Å². The molecule has 3 aliphatic rings. The number of benzene rings is 1. The average Bonchev–Trinajstić information content (AvgIpc) is 2.79. The maximum Gasteiger partial charge on any atom is 0.230 e. The number of carbonyl (C=O) groups is 1. The second kappa shape index (κ2) is 10.4. The number of amides is 1. The smallest absolute Gasteiger partial charge is 0.230 e. The molecule has 1 saturated carbocycles. The number of likely N-dealkylation sites (tertiary alicyclic amines) is 1. The van der Waals surface area contributed by atoms with E-state index < -0.39 is 16.9 Å². The van der Waals surface area contributed by atoms with Crippen LogP contribution in [0.15, 0.2) is 18.2 Å². The Labute approximate surface area is 207 Å². The van der Waals surface area contributed by atoms with Crippen LogP contribution in [0.25, 0.3) is 0 Å². The maximum atomic E-state index is 15.7. The predicted octanol–water partition coefficient (Wildman–Crippen LogP) is 5.81. The second-order valence-corrected chi connectivity index (χ2v) is 11.7. The summed E-state index contributed by atoms with van der Waals surface area (Å²) in [5.41, 5.74) is -2.26. The van der Waals surface area contributed by atoms with Crippen molar-refractivity contribution >= 4 is 17.5 Å². The molecule has 1 unspecified atom stereocenters. The molecule has 1 aliphatic carbocycles. The van der Waals surface area contributed by atoms with Gasteiger partial charge in [0.2, 0.25) is 5.91 Å². The van der Waals surface area contributed by atoms with Gasteiger partial charge in [-0.2, -0.15) is 0 Å². The number of nitrogens with one attached hydrogen (secondary N) is 1. The van der Waals surface area contributed by atoms with Gasteiger partial charge in [-0.25, -0.2) is 8.78 Å². The van der Waals surface area contributed by atoms with Crippen LogP contribution in [0, 0.1) is 11.7 Å². The fourth-order valence-corrected chi connectivity index (χ4v) is 6.64. The first-order valence-electron chi connectivity index (χ1n) is 12.9. The van der Waals surface area contributed by atoms with Crippen LogP contribution in [0.1, 0.15) is 77.2 Å². The highest BCUT2D eigenvalue weighted by molar-refractivity contribution is 6.31. The van der Waals surface area contributed by atoms with Crippen molar-refractivity contribution in [1.29, 1.82) is 0 Å². The van der Waals surface area contributed by atoms with Crippen LogP contribution >= 0.6 is 11.6 Å². The molecule has 2 heterocycles. The van der Waals surface area contributed by atoms with E-state index in [4.69, 9.17) is 16.3 Å². The lowest BCUT2D eigenvalue weighted by Gasteiger charge is -2.42. The van der Waals surface area contributed by atoms with Gasteiger partial charge in [-0.1, -0.05) is 36.9 Å². The molecule has 1 aromatic carbocycles. The number of hydrogen-bond acceptors (Lipinski definition) is 3. The van der Waals surface area contributed by atoms with E-state index in [0.29, 0.717) is 44.7 Å². The third-order valence-electron chi connectivity index (χ3n) is 8.22. The molecule has 4 nitrogen and oxygen atoms in total. The van der Waals surface area contributed by atoms with Crippen molar-refractivity contribution in [3.8, 4) is 0 Å². The summed E-state index contributed by atoms with van der Waals surface area (Å²) < 4.78 is 36.4. The van der Waals surface area contributed by atoms with Gasteiger partial charge in [-0.15, -0.1) is 0 Å². The monoisotopic (exact) mass is 496 g/mol. The van der Waals surface area contributed by atoms with E-state index in [-0.39, 0.29) is 28.6 Å². The van der Waals surface area contributed by atoms with Crippen molar-refractivity contribution in [1.82, 2.24) is 10.2 Å². The van der Waals surface area contributed by atoms with Gasteiger partial charge in [0.05, 0.1) is 17.6 Å². The largest absolute Gasteiger partial charge is 0.376 e. The zero-order chi connectivity index (χ0) is 24.4. The molecule has 3 fully saturated rings. The Morgan fingerprint density at radius 1 is 1.18 bits per heavy atom. The number of piperidine rings is 1. The Balaban J connectivity index is 1.35. The van der Waals surface area contributed by atoms with Crippen molar-refractivity contribution < 1.29 is 18.3 Å². The Hall–Kier alpha value is -1.24. The number of hydrogen-bond donors (Lipinski definition) is 1. The van der Waals surface area contributed by atoms with Crippen LogP contribution in [0.2, 0.25) is 5.02 Å². The molecule has 2 aliphatic heterocycles. The normalized spacial score (nSPS) is 26.7. The van der Waals surface area contributed by atoms with Crippen molar-refractivity contribution in [3.05, 3.63) is 34.6 Å². The molecule has 0 aromatic heterocycles. The molecule has 1 atom stereocenters. The summed E-state index contributed by atoms with van der Waals surface area (Å²) in [5, 5.41) is 3.16. The van der Waals surface area contributed by atoms with Crippen LogP contribution in [0.3, 0.4) is 0 Å². The maximum absolute atomic E-state index is 15.7. The summed E-state index contributed by atoms with van der Waals surface area (Å²) in [6.45, 7) is 7.39. The molecule has 4 rings (SSSR count). The number of rotatable bonds is 6. The summed E-state index contributed by atoms with van der Waals surface area (Å²) >= 11 is 6.38. The first-order valence-corrected chi connectivity index (χ1v) is 13.3. The van der Waals surface area contributed by atoms with E-state index in [1.165, 1.54) is 6.07 Å². The summed E-state index contributed by atoms with van der Waals surface area (Å²) in [7, 11) is 0. The van der Waals surface area contributed by atoms with Crippen LogP contribution in [0.4, 0.5) is 8.78 Å². The molecule has 1 aromatic rings. The molecule has 1 N–H and O–H groups in total. The Morgan fingerprint density at radius 3 is 2.53 bits per heavy atom. The molecule has 0 spiro atoms. The van der Waals surface area contributed by atoms with E-state index in [9.17, 15) is 9.18 Å². The third-order valence-corrected chi connectivity index (χ3v) is 8.53. The van der Waals surface area contributed by atoms with E-state index >= 15 is 4.39 Å². The summed E-state index contributed by atoms with van der Waals surface area (Å²) in [6.07, 6.45) is 6.61. The van der Waals surface area contributed by atoms with Gasteiger partial charge < -0.3 is 15.0 Å². The highest BCUT2D eigenvalue weighted by Crippen LogP contribution is 2.44. The Bertz CT molecular complexity index is 844. The molecule has 1 amide bonds. The Kier molecular flexibility index (Phi) is 7.90. The SMILES string of the molecule is CC1(C)CC(CN2CCC(F)(CNC(=O)C3(c4c(F)cccc4Cl)CCCCC3)CC2)CCO1. The van der Waals surface area contributed by atoms with E-state index in [2.05, 4.69) is 24.1 Å². The number of carbonyl (C=O) groups excluding carboxylic acids is 1. The van der Waals surface area contributed by atoms with Gasteiger partial charge in [0.15, 0.2) is 0 Å². The highest BCUT2D eigenvalue weighted by atomic mass is 35.5. The van der Waals surface area contributed by atoms with Crippen molar-refractivity contribution in [2.75, 3.05) is 32.8 Å². The number of ether oxygens (including phenoxy) is 1. The second-order valence-electron chi connectivity index (χ2n) is 11.3. The summed E-state index contributed by atoms with van der Waals surface area (Å²) in [5.74, 6) is -0.167. The molecule has 0 bridgehead atoms. The average molecular weight is 497 g/mol. The van der Waals surface area contributed by atoms with E-state index in [0.717, 1.165) is 45.3 Å². The van der Waals surface area contributed by atoms with E-state index in [1.807, 2.05) is 0 Å². The minimum Gasteiger partial charge on any atom is -0.376 e. The highest BCUT2D eigenvalue weighted by Gasteiger charge is 2.45. The number of alkyl halides is 1. The quantitative estimate of drug-likeness (QED) is 0.540. The standard InChI is InChI=1S/C27H39ClF2N2O2/c1-25(2)17-20(9-16-34-25)18-32-14-12-26(30,13-15-32)19-31-24(33)27(10-4-3-5-11-27)23-21(28)7-6-8-22(23)29/h6-8,20H,3-5,9-19H2,1-2H3,(H,31,33). The van der Waals surface area contributed by atoms with Gasteiger partial charge in [0.1, 0.15) is 11.5 Å². The van der Waals surface area contributed by atoms with Gasteiger partial charge in [0.25, 0.3) is 0 Å². The van der Waals surface area contributed by atoms with Crippen LogP contribution in [0.5, 0.6) is 0 Å². The molecule has 0 radical (unpaired) electrons. The fraction of sp³-hybridized carbons (Fsp3) is 0.741. The van der Waals surface area contributed by atoms with E-state index in [1.54, 1.807) is 12.1 Å². The molecular formula is C27H39ClF2N2O2. The van der Waals surface area contributed by atoms with Crippen LogP contribution in [-0.2, 0) is 14.9 Å². The summed E-state index contributed by atoms with van der Waals surface area (Å²) in [4.78, 5) is 15.8. The van der Waals surface area contributed by atoms with Gasteiger partial charge >= 0.3 is 0 Å². The molecule has 190 valence electrons. The van der Waals surface area contributed by atoms with Crippen molar-refractivity contribution in [3.63, 3.8) is 0 Å². The number of nitrogens with zero attached hydrogens (tertiary/aromatic N) is 1. The molecular weight excluding hydrogens is 458 g/mol. The van der Waals surface area contributed by atoms with Gasteiger partial charge in [0, 0.05) is 36.8 Å². The minimum atomic E-state index is -1.43. The lowest BCUT2D eigenvalue weighted by molar-refractivity contribution is -0.129. The molecule has 34 heavy (non-hydrogen) atoms.